The smallest absolute Gasteiger partial charge is 0.410 e. The molecule has 0 aliphatic carbocycles. The molecular formula is C15H25N3O5. The molecule has 2 aliphatic heterocycles. The Kier molecular flexibility index (Phi) is 4.72. The first-order valence-corrected chi connectivity index (χ1v) is 7.84. The minimum absolute atomic E-state index is 0.0343. The van der Waals surface area contributed by atoms with E-state index in [0.717, 1.165) is 0 Å². The maximum absolute atomic E-state index is 12.2. The topological polar surface area (TPSA) is 90.4 Å². The molecule has 2 fully saturated rings. The molecule has 8 heteroatoms. The van der Waals surface area contributed by atoms with Crippen LogP contribution in [0.15, 0.2) is 0 Å². The van der Waals surface area contributed by atoms with Crippen LogP contribution in [-0.2, 0) is 9.53 Å². The Morgan fingerprint density at radius 1 is 1.22 bits per heavy atom. The lowest BCUT2D eigenvalue weighted by atomic mass is 10.0. The second-order valence-electron chi connectivity index (χ2n) is 7.10. The summed E-state index contributed by atoms with van der Waals surface area (Å²) < 4.78 is 5.35. The van der Waals surface area contributed by atoms with Gasteiger partial charge >= 0.3 is 18.1 Å². The molecule has 1 atom stereocenters. The Balaban J connectivity index is 1.91. The van der Waals surface area contributed by atoms with E-state index in [-0.39, 0.29) is 24.7 Å². The van der Waals surface area contributed by atoms with Crippen LogP contribution in [0.1, 0.15) is 33.6 Å². The minimum Gasteiger partial charge on any atom is -0.480 e. The normalized spacial score (nSPS) is 23.4. The van der Waals surface area contributed by atoms with Crippen molar-refractivity contribution in [3.63, 3.8) is 0 Å². The van der Waals surface area contributed by atoms with Gasteiger partial charge in [0, 0.05) is 26.2 Å². The maximum atomic E-state index is 12.2. The van der Waals surface area contributed by atoms with Crippen molar-refractivity contribution in [3.05, 3.63) is 0 Å². The van der Waals surface area contributed by atoms with Gasteiger partial charge in [-0.05, 0) is 33.6 Å². The summed E-state index contributed by atoms with van der Waals surface area (Å²) in [5, 5.41) is 9.15. The van der Waals surface area contributed by atoms with E-state index in [4.69, 9.17) is 9.84 Å². The summed E-state index contributed by atoms with van der Waals surface area (Å²) in [5.41, 5.74) is -0.531. The fourth-order valence-corrected chi connectivity index (χ4v) is 2.96. The average molecular weight is 327 g/mol. The summed E-state index contributed by atoms with van der Waals surface area (Å²) in [6.45, 7) is 6.67. The number of carbonyl (C=O) groups excluding carboxylic acids is 2. The molecule has 0 saturated carbocycles. The van der Waals surface area contributed by atoms with Gasteiger partial charge < -0.3 is 24.5 Å². The molecule has 0 radical (unpaired) electrons. The molecule has 8 nitrogen and oxygen atoms in total. The van der Waals surface area contributed by atoms with E-state index >= 15 is 0 Å². The number of likely N-dealkylation sites (N-methyl/N-ethyl adjacent to an activating group) is 1. The maximum Gasteiger partial charge on any atom is 0.410 e. The van der Waals surface area contributed by atoms with Crippen molar-refractivity contribution >= 4 is 18.1 Å². The van der Waals surface area contributed by atoms with Crippen molar-refractivity contribution in [1.29, 1.82) is 0 Å². The Morgan fingerprint density at radius 2 is 1.78 bits per heavy atom. The standard InChI is InChI=1S/C15H25N3O5/c1-15(2,3)23-14(22)17-7-5-10(6-8-17)18-9-11(12(19)20)16(4)13(18)21/h10-11H,5-9H2,1-4H3,(H,19,20). The number of nitrogens with zero attached hydrogens (tertiary/aromatic N) is 3. The fraction of sp³-hybridized carbons (Fsp3) is 0.800. The highest BCUT2D eigenvalue weighted by Gasteiger charge is 2.43. The minimum atomic E-state index is -0.991. The van der Waals surface area contributed by atoms with Gasteiger partial charge in [0.1, 0.15) is 11.6 Å². The Morgan fingerprint density at radius 3 is 2.22 bits per heavy atom. The first-order chi connectivity index (χ1) is 10.6. The van der Waals surface area contributed by atoms with Gasteiger partial charge in [0.15, 0.2) is 0 Å². The van der Waals surface area contributed by atoms with Crippen molar-refractivity contribution < 1.29 is 24.2 Å². The van der Waals surface area contributed by atoms with Crippen molar-refractivity contribution in [2.24, 2.45) is 0 Å². The molecule has 2 aliphatic rings. The molecule has 130 valence electrons. The highest BCUT2D eigenvalue weighted by Crippen LogP contribution is 2.24. The van der Waals surface area contributed by atoms with Crippen LogP contribution in [0.2, 0.25) is 0 Å². The van der Waals surface area contributed by atoms with E-state index in [1.54, 1.807) is 9.80 Å². The predicted molar refractivity (Wildman–Crippen MR) is 82.1 cm³/mol. The lowest BCUT2D eigenvalue weighted by Gasteiger charge is -2.36. The van der Waals surface area contributed by atoms with Gasteiger partial charge in [0.25, 0.3) is 0 Å². The van der Waals surface area contributed by atoms with Gasteiger partial charge in [0.05, 0.1) is 6.54 Å². The first kappa shape index (κ1) is 17.4. The number of amides is 3. The molecule has 2 saturated heterocycles. The van der Waals surface area contributed by atoms with E-state index in [0.29, 0.717) is 25.9 Å². The Hall–Kier alpha value is -1.99. The van der Waals surface area contributed by atoms with Crippen LogP contribution in [0, 0.1) is 0 Å². The molecule has 0 spiro atoms. The molecule has 2 rings (SSSR count). The summed E-state index contributed by atoms with van der Waals surface area (Å²) in [4.78, 5) is 39.9. The number of hydrogen-bond acceptors (Lipinski definition) is 4. The second kappa shape index (κ2) is 6.25. The number of ether oxygens (including phenoxy) is 1. The van der Waals surface area contributed by atoms with Gasteiger partial charge in [0.2, 0.25) is 0 Å². The lowest BCUT2D eigenvalue weighted by molar-refractivity contribution is -0.140. The number of hydrogen-bond donors (Lipinski definition) is 1. The van der Waals surface area contributed by atoms with E-state index in [2.05, 4.69) is 0 Å². The predicted octanol–water partition coefficient (Wildman–Crippen LogP) is 1.21. The van der Waals surface area contributed by atoms with E-state index in [1.807, 2.05) is 20.8 Å². The largest absolute Gasteiger partial charge is 0.480 e. The summed E-state index contributed by atoms with van der Waals surface area (Å²) >= 11 is 0. The molecule has 0 aromatic heterocycles. The monoisotopic (exact) mass is 327 g/mol. The number of carbonyl (C=O) groups is 3. The number of urea groups is 1. The van der Waals surface area contributed by atoms with E-state index < -0.39 is 17.6 Å². The SMILES string of the molecule is CN1C(=O)N(C2CCN(C(=O)OC(C)(C)C)CC2)CC1C(=O)O. The van der Waals surface area contributed by atoms with Crippen LogP contribution in [0.4, 0.5) is 9.59 Å². The molecule has 0 bridgehead atoms. The van der Waals surface area contributed by atoms with E-state index in [9.17, 15) is 14.4 Å². The summed E-state index contributed by atoms with van der Waals surface area (Å²) in [6.07, 6.45) is 0.917. The molecule has 23 heavy (non-hydrogen) atoms. The van der Waals surface area contributed by atoms with Crippen molar-refractivity contribution in [3.8, 4) is 0 Å². The van der Waals surface area contributed by atoms with Gasteiger partial charge in [-0.1, -0.05) is 0 Å². The molecule has 0 aromatic rings. The molecular weight excluding hydrogens is 302 g/mol. The van der Waals surface area contributed by atoms with Crippen LogP contribution in [-0.4, -0.2) is 82.3 Å². The average Bonchev–Trinajstić information content (AvgIpc) is 2.74. The third-order valence-corrected chi connectivity index (χ3v) is 4.23. The molecule has 0 aromatic carbocycles. The van der Waals surface area contributed by atoms with Crippen LogP contribution in [0.3, 0.4) is 0 Å². The second-order valence-corrected chi connectivity index (χ2v) is 7.10. The third-order valence-electron chi connectivity index (χ3n) is 4.23. The number of carboxylic acids is 1. The van der Waals surface area contributed by atoms with Crippen molar-refractivity contribution in [1.82, 2.24) is 14.7 Å². The van der Waals surface area contributed by atoms with Crippen LogP contribution >= 0.6 is 0 Å². The van der Waals surface area contributed by atoms with Crippen LogP contribution in [0.5, 0.6) is 0 Å². The zero-order chi connectivity index (χ0) is 17.4. The number of piperidine rings is 1. The molecule has 2 heterocycles. The fourth-order valence-electron chi connectivity index (χ4n) is 2.96. The highest BCUT2D eigenvalue weighted by molar-refractivity contribution is 5.86. The highest BCUT2D eigenvalue weighted by atomic mass is 16.6. The first-order valence-electron chi connectivity index (χ1n) is 7.84. The number of likely N-dealkylation sites (tertiary alicyclic amines) is 1. The van der Waals surface area contributed by atoms with Crippen molar-refractivity contribution in [2.75, 3.05) is 26.7 Å². The number of rotatable bonds is 2. The van der Waals surface area contributed by atoms with E-state index in [1.165, 1.54) is 11.9 Å². The zero-order valence-electron chi connectivity index (χ0n) is 14.1. The van der Waals surface area contributed by atoms with Gasteiger partial charge in [-0.3, -0.25) is 0 Å². The molecule has 1 unspecified atom stereocenters. The van der Waals surface area contributed by atoms with Crippen LogP contribution in [0.25, 0.3) is 0 Å². The molecule has 3 amide bonds. The Bertz CT molecular complexity index is 494. The number of carboxylic acid groups (broad SMARTS) is 1. The van der Waals surface area contributed by atoms with Gasteiger partial charge in [-0.25, -0.2) is 14.4 Å². The van der Waals surface area contributed by atoms with Crippen LogP contribution < -0.4 is 0 Å². The molecule has 1 N–H and O–H groups in total. The van der Waals surface area contributed by atoms with Crippen molar-refractivity contribution in [2.45, 2.75) is 51.3 Å². The summed E-state index contributed by atoms with van der Waals surface area (Å²) in [6, 6.07) is -1.09. The number of aliphatic carboxylic acids is 1. The lowest BCUT2D eigenvalue weighted by Crippen LogP contribution is -2.48. The summed E-state index contributed by atoms with van der Waals surface area (Å²) in [5.74, 6) is -0.991. The third kappa shape index (κ3) is 3.86. The quantitative estimate of drug-likeness (QED) is 0.823. The zero-order valence-corrected chi connectivity index (χ0v) is 14.1. The Labute approximate surface area is 136 Å². The van der Waals surface area contributed by atoms with Gasteiger partial charge in [-0.15, -0.1) is 0 Å². The summed E-state index contributed by atoms with van der Waals surface area (Å²) in [7, 11) is 1.51. The van der Waals surface area contributed by atoms with Gasteiger partial charge in [-0.2, -0.15) is 0 Å².